The molecule has 0 radical (unpaired) electrons. The topological polar surface area (TPSA) is 95.0 Å². The smallest absolute Gasteiger partial charge is 0.305 e. The number of amides is 1. The molecule has 0 aromatic rings. The Balaban J connectivity index is 1.91. The molecule has 0 bridgehead atoms. The van der Waals surface area contributed by atoms with Crippen LogP contribution in [0.5, 0.6) is 0 Å². The van der Waals surface area contributed by atoms with Crippen molar-refractivity contribution in [2.45, 2.75) is 38.1 Å². The van der Waals surface area contributed by atoms with Crippen molar-refractivity contribution in [3.05, 3.63) is 0 Å². The highest BCUT2D eigenvalue weighted by molar-refractivity contribution is 7.88. The molecule has 8 heteroatoms. The third kappa shape index (κ3) is 4.41. The molecule has 1 aliphatic carbocycles. The van der Waals surface area contributed by atoms with E-state index in [1.165, 1.54) is 10.6 Å². The second kappa shape index (κ2) is 6.31. The van der Waals surface area contributed by atoms with Crippen molar-refractivity contribution in [2.24, 2.45) is 5.92 Å². The average molecular weight is 318 g/mol. The molecule has 0 aromatic heterocycles. The van der Waals surface area contributed by atoms with Crippen molar-refractivity contribution < 1.29 is 23.1 Å². The lowest BCUT2D eigenvalue weighted by Crippen LogP contribution is -2.45. The molecule has 120 valence electrons. The molecule has 1 N–H and O–H groups in total. The minimum absolute atomic E-state index is 0.00750. The molecule has 1 amide bonds. The van der Waals surface area contributed by atoms with Crippen LogP contribution in [-0.4, -0.2) is 66.5 Å². The summed E-state index contributed by atoms with van der Waals surface area (Å²) in [5, 5.41) is 8.77. The molecule has 7 nitrogen and oxygen atoms in total. The lowest BCUT2D eigenvalue weighted by atomic mass is 9.96. The van der Waals surface area contributed by atoms with Gasteiger partial charge < -0.3 is 10.0 Å². The molecule has 21 heavy (non-hydrogen) atoms. The number of carbonyl (C=O) groups excluding carboxylic acids is 1. The van der Waals surface area contributed by atoms with E-state index in [-0.39, 0.29) is 30.8 Å². The van der Waals surface area contributed by atoms with Gasteiger partial charge in [0.15, 0.2) is 0 Å². The molecular formula is C13H22N2O5S. The Hall–Kier alpha value is -1.15. The minimum Gasteiger partial charge on any atom is -0.481 e. The van der Waals surface area contributed by atoms with Crippen molar-refractivity contribution >= 4 is 21.9 Å². The maximum atomic E-state index is 12.5. The Kier molecular flexibility index (Phi) is 4.88. The predicted molar refractivity (Wildman–Crippen MR) is 76.1 cm³/mol. The summed E-state index contributed by atoms with van der Waals surface area (Å²) in [4.78, 5) is 24.9. The van der Waals surface area contributed by atoms with Crippen LogP contribution < -0.4 is 0 Å². The molecule has 1 heterocycles. The van der Waals surface area contributed by atoms with E-state index in [1.54, 1.807) is 4.90 Å². The second-order valence-corrected chi connectivity index (χ2v) is 7.83. The summed E-state index contributed by atoms with van der Waals surface area (Å²) in [6, 6.07) is 0.185. The highest BCUT2D eigenvalue weighted by atomic mass is 32.2. The van der Waals surface area contributed by atoms with Gasteiger partial charge in [0.05, 0.1) is 12.7 Å². The normalized spacial score (nSPS) is 21.2. The fourth-order valence-electron chi connectivity index (χ4n) is 2.74. The molecule has 0 unspecified atom stereocenters. The van der Waals surface area contributed by atoms with Crippen molar-refractivity contribution in [1.82, 2.24) is 9.21 Å². The number of carboxylic acid groups (broad SMARTS) is 1. The Labute approximate surface area is 125 Å². The summed E-state index contributed by atoms with van der Waals surface area (Å²) < 4.78 is 24.3. The summed E-state index contributed by atoms with van der Waals surface area (Å²) in [6.07, 6.45) is 4.05. The number of carbonyl (C=O) groups is 2. The Morgan fingerprint density at radius 3 is 2.19 bits per heavy atom. The van der Waals surface area contributed by atoms with Crippen LogP contribution in [0.1, 0.15) is 32.1 Å². The van der Waals surface area contributed by atoms with Crippen LogP contribution in [0.3, 0.4) is 0 Å². The van der Waals surface area contributed by atoms with Crippen LogP contribution in [0.15, 0.2) is 0 Å². The van der Waals surface area contributed by atoms with Crippen LogP contribution in [-0.2, 0) is 19.6 Å². The Morgan fingerprint density at radius 2 is 1.76 bits per heavy atom. The predicted octanol–water partition coefficient (Wildman–Crippen LogP) is 0.124. The first-order valence-electron chi connectivity index (χ1n) is 7.26. The number of hydrogen-bond acceptors (Lipinski definition) is 4. The summed E-state index contributed by atoms with van der Waals surface area (Å²) >= 11 is 0. The van der Waals surface area contributed by atoms with Crippen molar-refractivity contribution in [3.8, 4) is 0 Å². The van der Waals surface area contributed by atoms with Crippen LogP contribution in [0.2, 0.25) is 0 Å². The average Bonchev–Trinajstić information content (AvgIpc) is 3.22. The van der Waals surface area contributed by atoms with Gasteiger partial charge in [-0.25, -0.2) is 12.7 Å². The Morgan fingerprint density at radius 1 is 1.19 bits per heavy atom. The van der Waals surface area contributed by atoms with Crippen molar-refractivity contribution in [3.63, 3.8) is 0 Å². The first-order chi connectivity index (χ1) is 9.79. The van der Waals surface area contributed by atoms with Crippen LogP contribution in [0, 0.1) is 5.92 Å². The van der Waals surface area contributed by atoms with Gasteiger partial charge in [-0.3, -0.25) is 9.59 Å². The maximum Gasteiger partial charge on any atom is 0.305 e. The second-order valence-electron chi connectivity index (χ2n) is 5.84. The standard InChI is InChI=1S/C13H22N2O5S/c1-21(19,20)14-7-4-10(5-8-14)13(18)15(11-2-3-11)9-6-12(16)17/h10-11H,2-9H2,1H3,(H,16,17). The van der Waals surface area contributed by atoms with Gasteiger partial charge in [0.25, 0.3) is 0 Å². The fourth-order valence-corrected chi connectivity index (χ4v) is 3.62. The number of sulfonamides is 1. The molecule has 0 aromatic carbocycles. The molecular weight excluding hydrogens is 296 g/mol. The monoisotopic (exact) mass is 318 g/mol. The lowest BCUT2D eigenvalue weighted by Gasteiger charge is -2.33. The van der Waals surface area contributed by atoms with Gasteiger partial charge in [-0.1, -0.05) is 0 Å². The third-order valence-corrected chi connectivity index (χ3v) is 5.41. The van der Waals surface area contributed by atoms with E-state index in [1.807, 2.05) is 0 Å². The fraction of sp³-hybridized carbons (Fsp3) is 0.846. The number of rotatable bonds is 6. The number of nitrogens with zero attached hydrogens (tertiary/aromatic N) is 2. The quantitative estimate of drug-likeness (QED) is 0.751. The number of aliphatic carboxylic acids is 1. The van der Waals surface area contributed by atoms with E-state index in [2.05, 4.69) is 0 Å². The SMILES string of the molecule is CS(=O)(=O)N1CCC(C(=O)N(CCC(=O)O)C2CC2)CC1. The van der Waals surface area contributed by atoms with E-state index >= 15 is 0 Å². The first-order valence-corrected chi connectivity index (χ1v) is 9.11. The lowest BCUT2D eigenvalue weighted by molar-refractivity contribution is -0.140. The van der Waals surface area contributed by atoms with Gasteiger partial charge in [0, 0.05) is 31.6 Å². The van der Waals surface area contributed by atoms with Gasteiger partial charge in [-0.2, -0.15) is 0 Å². The number of hydrogen-bond donors (Lipinski definition) is 1. The third-order valence-electron chi connectivity index (χ3n) is 4.11. The minimum atomic E-state index is -3.19. The number of carboxylic acids is 1. The highest BCUT2D eigenvalue weighted by Gasteiger charge is 2.37. The van der Waals surface area contributed by atoms with E-state index < -0.39 is 16.0 Å². The van der Waals surface area contributed by atoms with Crippen LogP contribution >= 0.6 is 0 Å². The summed E-state index contributed by atoms with van der Waals surface area (Å²) in [7, 11) is -3.19. The molecule has 0 spiro atoms. The highest BCUT2D eigenvalue weighted by Crippen LogP contribution is 2.30. The zero-order chi connectivity index (χ0) is 15.6. The van der Waals surface area contributed by atoms with E-state index in [0.29, 0.717) is 25.9 Å². The van der Waals surface area contributed by atoms with E-state index in [4.69, 9.17) is 5.11 Å². The van der Waals surface area contributed by atoms with E-state index in [9.17, 15) is 18.0 Å². The summed E-state index contributed by atoms with van der Waals surface area (Å²) in [5.41, 5.74) is 0. The summed E-state index contributed by atoms with van der Waals surface area (Å²) in [5.74, 6) is -1.09. The van der Waals surface area contributed by atoms with Gasteiger partial charge in [0.2, 0.25) is 15.9 Å². The van der Waals surface area contributed by atoms with Gasteiger partial charge >= 0.3 is 5.97 Å². The van der Waals surface area contributed by atoms with Crippen LogP contribution in [0.25, 0.3) is 0 Å². The maximum absolute atomic E-state index is 12.5. The van der Waals surface area contributed by atoms with Gasteiger partial charge in [-0.05, 0) is 25.7 Å². The largest absolute Gasteiger partial charge is 0.481 e. The molecule has 1 saturated heterocycles. The van der Waals surface area contributed by atoms with Gasteiger partial charge in [0.1, 0.15) is 0 Å². The van der Waals surface area contributed by atoms with Crippen molar-refractivity contribution in [1.29, 1.82) is 0 Å². The van der Waals surface area contributed by atoms with Crippen molar-refractivity contribution in [2.75, 3.05) is 25.9 Å². The van der Waals surface area contributed by atoms with Crippen LogP contribution in [0.4, 0.5) is 0 Å². The zero-order valence-corrected chi connectivity index (χ0v) is 13.0. The Bertz CT molecular complexity index is 507. The molecule has 0 atom stereocenters. The van der Waals surface area contributed by atoms with E-state index in [0.717, 1.165) is 12.8 Å². The summed E-state index contributed by atoms with van der Waals surface area (Å²) in [6.45, 7) is 0.991. The molecule has 2 fully saturated rings. The van der Waals surface area contributed by atoms with Gasteiger partial charge in [-0.15, -0.1) is 0 Å². The molecule has 1 aliphatic heterocycles. The zero-order valence-electron chi connectivity index (χ0n) is 12.2. The first kappa shape index (κ1) is 16.2. The molecule has 2 aliphatic rings. The number of piperidine rings is 1. The molecule has 1 saturated carbocycles. The molecule has 2 rings (SSSR count).